The van der Waals surface area contributed by atoms with Crippen molar-refractivity contribution in [2.75, 3.05) is 7.11 Å². The number of rotatable bonds is 5. The summed E-state index contributed by atoms with van der Waals surface area (Å²) in [6, 6.07) is 9.27. The number of benzene rings is 1. The van der Waals surface area contributed by atoms with Gasteiger partial charge in [-0.15, -0.1) is 0 Å². The van der Waals surface area contributed by atoms with Gasteiger partial charge in [0, 0.05) is 25.0 Å². The predicted octanol–water partition coefficient (Wildman–Crippen LogP) is 1.49. The number of aromatic amines is 1. The summed E-state index contributed by atoms with van der Waals surface area (Å²) in [5.41, 5.74) is 2.72. The molecular weight excluding hydrogens is 230 g/mol. The highest BCUT2D eigenvalue weighted by Gasteiger charge is 2.03. The van der Waals surface area contributed by atoms with E-state index in [0.717, 1.165) is 24.3 Å². The number of ether oxygens (including phenoxy) is 1. The Kier molecular flexibility index (Phi) is 4.09. The smallest absolute Gasteiger partial charge is 0.337 e. The third-order valence-corrected chi connectivity index (χ3v) is 2.58. The highest BCUT2D eigenvalue weighted by molar-refractivity contribution is 5.89. The first-order valence-electron chi connectivity index (χ1n) is 5.66. The van der Waals surface area contributed by atoms with Crippen LogP contribution in [0, 0.1) is 0 Å². The highest BCUT2D eigenvalue weighted by atomic mass is 16.5. The molecule has 0 aliphatic rings. The fraction of sp³-hybridized carbons (Fsp3) is 0.231. The number of hydrogen-bond acceptors (Lipinski definition) is 4. The molecule has 1 heterocycles. The van der Waals surface area contributed by atoms with Crippen molar-refractivity contribution in [1.29, 1.82) is 0 Å². The van der Waals surface area contributed by atoms with E-state index in [9.17, 15) is 4.79 Å². The maximum atomic E-state index is 11.2. The molecule has 94 valence electrons. The van der Waals surface area contributed by atoms with Crippen LogP contribution in [0.15, 0.2) is 36.5 Å². The van der Waals surface area contributed by atoms with Gasteiger partial charge in [-0.1, -0.05) is 12.1 Å². The van der Waals surface area contributed by atoms with Crippen LogP contribution in [-0.2, 0) is 17.8 Å². The van der Waals surface area contributed by atoms with E-state index in [4.69, 9.17) is 0 Å². The summed E-state index contributed by atoms with van der Waals surface area (Å²) >= 11 is 0. The normalized spacial score (nSPS) is 10.3. The second-order valence-corrected chi connectivity index (χ2v) is 3.87. The van der Waals surface area contributed by atoms with Crippen molar-refractivity contribution >= 4 is 5.97 Å². The molecule has 2 rings (SSSR count). The van der Waals surface area contributed by atoms with E-state index in [2.05, 4.69) is 20.3 Å². The monoisotopic (exact) mass is 245 g/mol. The fourth-order valence-electron chi connectivity index (χ4n) is 1.60. The van der Waals surface area contributed by atoms with Crippen molar-refractivity contribution in [3.63, 3.8) is 0 Å². The van der Waals surface area contributed by atoms with Gasteiger partial charge in [0.15, 0.2) is 0 Å². The first kappa shape index (κ1) is 12.3. The zero-order valence-electron chi connectivity index (χ0n) is 10.1. The summed E-state index contributed by atoms with van der Waals surface area (Å²) in [4.78, 5) is 11.2. The molecule has 0 bridgehead atoms. The first-order chi connectivity index (χ1) is 8.79. The van der Waals surface area contributed by atoms with Crippen LogP contribution in [0.2, 0.25) is 0 Å². The highest BCUT2D eigenvalue weighted by Crippen LogP contribution is 2.05. The Morgan fingerprint density at radius 3 is 2.67 bits per heavy atom. The minimum Gasteiger partial charge on any atom is -0.465 e. The van der Waals surface area contributed by atoms with Crippen LogP contribution >= 0.6 is 0 Å². The van der Waals surface area contributed by atoms with E-state index < -0.39 is 0 Å². The Morgan fingerprint density at radius 2 is 2.06 bits per heavy atom. The Balaban J connectivity index is 1.85. The number of carbonyl (C=O) groups excluding carboxylic acids is 1. The van der Waals surface area contributed by atoms with Gasteiger partial charge in [-0.05, 0) is 23.8 Å². The van der Waals surface area contributed by atoms with Gasteiger partial charge >= 0.3 is 5.97 Å². The minimum atomic E-state index is -0.313. The number of H-pyrrole nitrogens is 1. The van der Waals surface area contributed by atoms with Crippen LogP contribution in [0.4, 0.5) is 0 Å². The van der Waals surface area contributed by atoms with Crippen molar-refractivity contribution in [2.24, 2.45) is 0 Å². The Hall–Kier alpha value is -2.14. The van der Waals surface area contributed by atoms with Crippen molar-refractivity contribution < 1.29 is 9.53 Å². The molecule has 5 heteroatoms. The number of esters is 1. The van der Waals surface area contributed by atoms with E-state index in [0.29, 0.717) is 5.56 Å². The molecule has 1 aromatic carbocycles. The van der Waals surface area contributed by atoms with Crippen LogP contribution < -0.4 is 5.32 Å². The average Bonchev–Trinajstić information content (AvgIpc) is 2.92. The largest absolute Gasteiger partial charge is 0.465 e. The number of nitrogens with zero attached hydrogens (tertiary/aromatic N) is 1. The molecule has 2 aromatic rings. The molecule has 5 nitrogen and oxygen atoms in total. The molecule has 0 atom stereocenters. The summed E-state index contributed by atoms with van der Waals surface area (Å²) in [6.07, 6.45) is 1.72. The zero-order chi connectivity index (χ0) is 12.8. The van der Waals surface area contributed by atoms with Gasteiger partial charge in [-0.3, -0.25) is 5.10 Å². The van der Waals surface area contributed by atoms with Crippen LogP contribution in [0.5, 0.6) is 0 Å². The van der Waals surface area contributed by atoms with E-state index in [1.807, 2.05) is 18.2 Å². The van der Waals surface area contributed by atoms with Crippen LogP contribution in [0.3, 0.4) is 0 Å². The lowest BCUT2D eigenvalue weighted by Crippen LogP contribution is -2.13. The molecule has 0 unspecified atom stereocenters. The molecule has 0 radical (unpaired) electrons. The molecule has 0 fully saturated rings. The topological polar surface area (TPSA) is 67.0 Å². The molecule has 0 aliphatic heterocycles. The number of hydrogen-bond donors (Lipinski definition) is 2. The van der Waals surface area contributed by atoms with Gasteiger partial charge in [0.25, 0.3) is 0 Å². The fourth-order valence-corrected chi connectivity index (χ4v) is 1.60. The van der Waals surface area contributed by atoms with Gasteiger partial charge < -0.3 is 10.1 Å². The van der Waals surface area contributed by atoms with Crippen LogP contribution in [-0.4, -0.2) is 23.3 Å². The van der Waals surface area contributed by atoms with E-state index in [1.54, 1.807) is 18.3 Å². The number of nitrogens with one attached hydrogen (secondary N) is 2. The van der Waals surface area contributed by atoms with Gasteiger partial charge in [0.05, 0.1) is 12.7 Å². The Bertz CT molecular complexity index is 491. The molecule has 0 saturated heterocycles. The Labute approximate surface area is 105 Å². The lowest BCUT2D eigenvalue weighted by molar-refractivity contribution is 0.0600. The van der Waals surface area contributed by atoms with Crippen molar-refractivity contribution in [3.8, 4) is 0 Å². The third-order valence-electron chi connectivity index (χ3n) is 2.58. The van der Waals surface area contributed by atoms with E-state index in [1.165, 1.54) is 7.11 Å². The standard InChI is InChI=1S/C13H15N3O2/c1-18-13(17)11-4-2-10(3-5-11)8-14-9-12-6-7-15-16-12/h2-7,14H,8-9H2,1H3,(H,15,16). The number of aromatic nitrogens is 2. The van der Waals surface area contributed by atoms with Crippen LogP contribution in [0.25, 0.3) is 0 Å². The molecule has 1 aromatic heterocycles. The predicted molar refractivity (Wildman–Crippen MR) is 66.9 cm³/mol. The second kappa shape index (κ2) is 5.97. The number of methoxy groups -OCH3 is 1. The van der Waals surface area contributed by atoms with Gasteiger partial charge in [0.1, 0.15) is 0 Å². The molecule has 0 amide bonds. The van der Waals surface area contributed by atoms with Gasteiger partial charge in [-0.2, -0.15) is 5.10 Å². The van der Waals surface area contributed by atoms with Crippen molar-refractivity contribution in [1.82, 2.24) is 15.5 Å². The second-order valence-electron chi connectivity index (χ2n) is 3.87. The molecule has 2 N–H and O–H groups in total. The summed E-state index contributed by atoms with van der Waals surface area (Å²) in [5, 5.41) is 10.0. The molecular formula is C13H15N3O2. The van der Waals surface area contributed by atoms with Crippen LogP contribution in [0.1, 0.15) is 21.6 Å². The lowest BCUT2D eigenvalue weighted by atomic mass is 10.1. The minimum absolute atomic E-state index is 0.313. The summed E-state index contributed by atoms with van der Waals surface area (Å²) in [6.45, 7) is 1.47. The van der Waals surface area contributed by atoms with Gasteiger partial charge in [-0.25, -0.2) is 4.79 Å². The maximum absolute atomic E-state index is 11.2. The quantitative estimate of drug-likeness (QED) is 0.783. The molecule has 0 aliphatic carbocycles. The SMILES string of the molecule is COC(=O)c1ccc(CNCc2ccn[nH]2)cc1. The van der Waals surface area contributed by atoms with Crippen molar-refractivity contribution in [3.05, 3.63) is 53.3 Å². The van der Waals surface area contributed by atoms with E-state index in [-0.39, 0.29) is 5.97 Å². The number of carbonyl (C=O) groups is 1. The average molecular weight is 245 g/mol. The summed E-state index contributed by atoms with van der Waals surface area (Å²) < 4.78 is 4.64. The zero-order valence-corrected chi connectivity index (χ0v) is 10.1. The molecule has 18 heavy (non-hydrogen) atoms. The summed E-state index contributed by atoms with van der Waals surface area (Å²) in [5.74, 6) is -0.313. The third kappa shape index (κ3) is 3.18. The molecule has 0 spiro atoms. The van der Waals surface area contributed by atoms with Gasteiger partial charge in [0.2, 0.25) is 0 Å². The lowest BCUT2D eigenvalue weighted by Gasteiger charge is -2.04. The maximum Gasteiger partial charge on any atom is 0.337 e. The molecule has 0 saturated carbocycles. The Morgan fingerprint density at radius 1 is 1.28 bits per heavy atom. The van der Waals surface area contributed by atoms with E-state index >= 15 is 0 Å². The first-order valence-corrected chi connectivity index (χ1v) is 5.66. The summed E-state index contributed by atoms with van der Waals surface area (Å²) in [7, 11) is 1.38. The van der Waals surface area contributed by atoms with Crippen molar-refractivity contribution in [2.45, 2.75) is 13.1 Å².